The lowest BCUT2D eigenvalue weighted by Crippen LogP contribution is -2.00. The first-order valence-corrected chi connectivity index (χ1v) is 4.36. The van der Waals surface area contributed by atoms with E-state index in [0.29, 0.717) is 6.61 Å². The fourth-order valence-electron chi connectivity index (χ4n) is 1.67. The van der Waals surface area contributed by atoms with E-state index in [0.717, 1.165) is 22.5 Å². The third kappa shape index (κ3) is 0.923. The molecule has 0 unspecified atom stereocenters. The van der Waals surface area contributed by atoms with Gasteiger partial charge in [-0.05, 0) is 18.2 Å². The molecule has 3 rings (SSSR count). The van der Waals surface area contributed by atoms with Gasteiger partial charge in [-0.15, -0.1) is 0 Å². The van der Waals surface area contributed by atoms with Crippen molar-refractivity contribution in [1.82, 2.24) is 0 Å². The summed E-state index contributed by atoms with van der Waals surface area (Å²) in [6.07, 6.45) is 3.39. The molecule has 0 spiro atoms. The van der Waals surface area contributed by atoms with Crippen molar-refractivity contribution in [3.8, 4) is 11.5 Å². The van der Waals surface area contributed by atoms with E-state index in [1.54, 1.807) is 30.7 Å². The Kier molecular flexibility index (Phi) is 1.36. The molecule has 0 fully saturated rings. The monoisotopic (exact) mass is 188 g/mol. The first kappa shape index (κ1) is 7.50. The van der Waals surface area contributed by atoms with E-state index in [4.69, 9.17) is 9.47 Å². The zero-order valence-corrected chi connectivity index (χ0v) is 7.36. The minimum atomic E-state index is 0.237. The number of phenols is 1. The first-order chi connectivity index (χ1) is 6.84. The fraction of sp³-hybridized carbons (Fsp3) is 0.0909. The Morgan fingerprint density at radius 3 is 3.07 bits per heavy atom. The lowest BCUT2D eigenvalue weighted by molar-refractivity contribution is 0.299. The second-order valence-corrected chi connectivity index (χ2v) is 3.28. The van der Waals surface area contributed by atoms with Gasteiger partial charge in [0.2, 0.25) is 0 Å². The third-order valence-electron chi connectivity index (χ3n) is 2.37. The van der Waals surface area contributed by atoms with Crippen LogP contribution in [0.3, 0.4) is 0 Å². The van der Waals surface area contributed by atoms with Crippen molar-refractivity contribution in [3.05, 3.63) is 41.9 Å². The van der Waals surface area contributed by atoms with Crippen molar-refractivity contribution in [2.45, 2.75) is 0 Å². The maximum atomic E-state index is 9.37. The van der Waals surface area contributed by atoms with E-state index >= 15 is 0 Å². The van der Waals surface area contributed by atoms with Crippen molar-refractivity contribution in [1.29, 1.82) is 0 Å². The van der Waals surface area contributed by atoms with Gasteiger partial charge in [-0.1, -0.05) is 0 Å². The summed E-state index contributed by atoms with van der Waals surface area (Å²) in [5.41, 5.74) is 2.91. The summed E-state index contributed by atoms with van der Waals surface area (Å²) in [6.45, 7) is 0.546. The molecule has 0 amide bonds. The number of ether oxygens (including phenoxy) is 2. The van der Waals surface area contributed by atoms with Crippen LogP contribution in [0.15, 0.2) is 36.3 Å². The third-order valence-corrected chi connectivity index (χ3v) is 2.37. The van der Waals surface area contributed by atoms with E-state index in [9.17, 15) is 5.11 Å². The molecule has 0 saturated heterocycles. The number of phenolic OH excluding ortho intramolecular Hbond substituents is 1. The number of fused-ring (bicyclic) bond motifs is 3. The lowest BCUT2D eigenvalue weighted by Gasteiger charge is -2.15. The molecule has 1 aromatic rings. The molecule has 0 saturated carbocycles. The predicted octanol–water partition coefficient (Wildman–Crippen LogP) is 2.04. The molecule has 0 aliphatic carbocycles. The van der Waals surface area contributed by atoms with Crippen molar-refractivity contribution < 1.29 is 14.6 Å². The van der Waals surface area contributed by atoms with Gasteiger partial charge in [0.15, 0.2) is 0 Å². The van der Waals surface area contributed by atoms with Crippen LogP contribution >= 0.6 is 0 Å². The quantitative estimate of drug-likeness (QED) is 0.677. The molecule has 1 N–H and O–H groups in total. The summed E-state index contributed by atoms with van der Waals surface area (Å²) in [5, 5.41) is 9.37. The van der Waals surface area contributed by atoms with Gasteiger partial charge in [0, 0.05) is 16.7 Å². The van der Waals surface area contributed by atoms with Gasteiger partial charge in [-0.2, -0.15) is 0 Å². The molecule has 0 radical (unpaired) electrons. The number of hydrogen-bond donors (Lipinski definition) is 1. The first-order valence-electron chi connectivity index (χ1n) is 4.36. The fourth-order valence-corrected chi connectivity index (χ4v) is 1.67. The summed E-state index contributed by atoms with van der Waals surface area (Å²) < 4.78 is 10.6. The van der Waals surface area contributed by atoms with Crippen LogP contribution in [0.2, 0.25) is 0 Å². The molecule has 3 heteroatoms. The van der Waals surface area contributed by atoms with Crippen LogP contribution in [-0.2, 0) is 4.74 Å². The second-order valence-electron chi connectivity index (χ2n) is 3.28. The zero-order chi connectivity index (χ0) is 9.54. The molecule has 3 nitrogen and oxygen atoms in total. The molecule has 14 heavy (non-hydrogen) atoms. The second kappa shape index (κ2) is 2.54. The van der Waals surface area contributed by atoms with Gasteiger partial charge in [0.25, 0.3) is 0 Å². The Morgan fingerprint density at radius 2 is 2.14 bits per heavy atom. The number of benzene rings is 1. The van der Waals surface area contributed by atoms with Crippen molar-refractivity contribution >= 4 is 5.57 Å². The van der Waals surface area contributed by atoms with Crippen LogP contribution in [0.1, 0.15) is 5.56 Å². The molecule has 0 bridgehead atoms. The number of hydrogen-bond acceptors (Lipinski definition) is 3. The highest BCUT2D eigenvalue weighted by molar-refractivity contribution is 5.85. The van der Waals surface area contributed by atoms with Crippen LogP contribution in [-0.4, -0.2) is 11.7 Å². The minimum absolute atomic E-state index is 0.237. The number of rotatable bonds is 0. The molecule has 0 aromatic heterocycles. The summed E-state index contributed by atoms with van der Waals surface area (Å²) in [5.74, 6) is 0.990. The van der Waals surface area contributed by atoms with E-state index in [1.807, 2.05) is 0 Å². The highest BCUT2D eigenvalue weighted by Gasteiger charge is 2.23. The molecule has 2 aliphatic heterocycles. The average molecular weight is 188 g/mol. The van der Waals surface area contributed by atoms with Gasteiger partial charge >= 0.3 is 0 Å². The van der Waals surface area contributed by atoms with Crippen molar-refractivity contribution in [2.24, 2.45) is 0 Å². The van der Waals surface area contributed by atoms with Crippen LogP contribution in [0, 0.1) is 0 Å². The maximum Gasteiger partial charge on any atom is 0.134 e. The van der Waals surface area contributed by atoms with E-state index in [2.05, 4.69) is 0 Å². The number of aromatic hydroxyl groups is 1. The molecular formula is C11H8O3. The normalized spacial score (nSPS) is 17.1. The largest absolute Gasteiger partial charge is 0.508 e. The molecule has 0 atom stereocenters. The van der Waals surface area contributed by atoms with Crippen LogP contribution in [0.25, 0.3) is 5.57 Å². The van der Waals surface area contributed by atoms with Crippen molar-refractivity contribution in [2.75, 3.05) is 6.61 Å². The van der Waals surface area contributed by atoms with Crippen LogP contribution in [0.5, 0.6) is 11.5 Å². The summed E-state index contributed by atoms with van der Waals surface area (Å²) in [7, 11) is 0. The van der Waals surface area contributed by atoms with Crippen molar-refractivity contribution in [3.63, 3.8) is 0 Å². The van der Waals surface area contributed by atoms with E-state index < -0.39 is 0 Å². The van der Waals surface area contributed by atoms with Gasteiger partial charge in [-0.25, -0.2) is 0 Å². The standard InChI is InChI=1S/C11H8O3/c12-8-1-2-11-9(3-8)10-6-13-4-7(10)5-14-11/h1-3,5-6,12H,4H2. The predicted molar refractivity (Wildman–Crippen MR) is 50.7 cm³/mol. The van der Waals surface area contributed by atoms with Crippen LogP contribution < -0.4 is 4.74 Å². The Bertz CT molecular complexity index is 458. The molecule has 70 valence electrons. The summed E-state index contributed by atoms with van der Waals surface area (Å²) in [6, 6.07) is 5.04. The SMILES string of the molecule is Oc1ccc2c(c1)C1=COCC1=CO2. The topological polar surface area (TPSA) is 38.7 Å². The highest BCUT2D eigenvalue weighted by atomic mass is 16.5. The maximum absolute atomic E-state index is 9.37. The van der Waals surface area contributed by atoms with Gasteiger partial charge in [0.1, 0.15) is 18.1 Å². The smallest absolute Gasteiger partial charge is 0.134 e. The Hall–Kier alpha value is -1.90. The van der Waals surface area contributed by atoms with E-state index in [-0.39, 0.29) is 5.75 Å². The minimum Gasteiger partial charge on any atom is -0.508 e. The van der Waals surface area contributed by atoms with E-state index in [1.165, 1.54) is 0 Å². The lowest BCUT2D eigenvalue weighted by atomic mass is 9.99. The molecular weight excluding hydrogens is 180 g/mol. The van der Waals surface area contributed by atoms with Gasteiger partial charge < -0.3 is 14.6 Å². The molecule has 1 aromatic carbocycles. The Labute approximate surface area is 80.9 Å². The molecule has 2 heterocycles. The zero-order valence-electron chi connectivity index (χ0n) is 7.36. The summed E-state index contributed by atoms with van der Waals surface area (Å²) >= 11 is 0. The summed E-state index contributed by atoms with van der Waals surface area (Å²) in [4.78, 5) is 0. The Morgan fingerprint density at radius 1 is 1.21 bits per heavy atom. The van der Waals surface area contributed by atoms with Gasteiger partial charge in [0.05, 0.1) is 12.5 Å². The van der Waals surface area contributed by atoms with Gasteiger partial charge in [-0.3, -0.25) is 0 Å². The molecule has 2 aliphatic rings. The highest BCUT2D eigenvalue weighted by Crippen LogP contribution is 2.39. The Balaban J connectivity index is 2.21. The van der Waals surface area contributed by atoms with Crippen LogP contribution in [0.4, 0.5) is 0 Å². The average Bonchev–Trinajstić information content (AvgIpc) is 2.65.